The van der Waals surface area contributed by atoms with Crippen molar-refractivity contribution >= 4 is 0 Å². The monoisotopic (exact) mass is 281 g/mol. The van der Waals surface area contributed by atoms with Gasteiger partial charge >= 0.3 is 0 Å². The van der Waals surface area contributed by atoms with E-state index in [1.54, 1.807) is 0 Å². The Balaban J connectivity index is 2.03. The highest BCUT2D eigenvalue weighted by Gasteiger charge is 2.40. The summed E-state index contributed by atoms with van der Waals surface area (Å²) in [4.78, 5) is 5.14. The van der Waals surface area contributed by atoms with E-state index in [1.165, 1.54) is 38.8 Å². The first-order valence-corrected chi connectivity index (χ1v) is 8.43. The minimum atomic E-state index is 0.443. The zero-order valence-corrected chi connectivity index (χ0v) is 14.2. The first-order valence-electron chi connectivity index (χ1n) is 8.43. The van der Waals surface area contributed by atoms with Crippen LogP contribution in [0.4, 0.5) is 0 Å². The van der Waals surface area contributed by atoms with Crippen molar-refractivity contribution in [2.24, 2.45) is 23.0 Å². The van der Waals surface area contributed by atoms with Crippen LogP contribution >= 0.6 is 0 Å². The van der Waals surface area contributed by atoms with Gasteiger partial charge < -0.3 is 10.6 Å². The average molecular weight is 281 g/mol. The molecule has 0 aromatic heterocycles. The van der Waals surface area contributed by atoms with Crippen LogP contribution in [-0.4, -0.2) is 55.6 Å². The third-order valence-electron chi connectivity index (χ3n) is 5.88. The van der Waals surface area contributed by atoms with E-state index >= 15 is 0 Å². The quantitative estimate of drug-likeness (QED) is 0.862. The molecule has 0 aromatic rings. The lowest BCUT2D eigenvalue weighted by Gasteiger charge is -2.45. The lowest BCUT2D eigenvalue weighted by Crippen LogP contribution is -2.48. The van der Waals surface area contributed by atoms with Gasteiger partial charge in [-0.15, -0.1) is 0 Å². The first kappa shape index (κ1) is 16.3. The van der Waals surface area contributed by atoms with Crippen molar-refractivity contribution in [3.8, 4) is 0 Å². The minimum Gasteiger partial charge on any atom is -0.330 e. The van der Waals surface area contributed by atoms with Crippen LogP contribution in [-0.2, 0) is 0 Å². The van der Waals surface area contributed by atoms with Crippen LogP contribution in [0.5, 0.6) is 0 Å². The van der Waals surface area contributed by atoms with Crippen LogP contribution < -0.4 is 5.73 Å². The maximum absolute atomic E-state index is 6.07. The zero-order valence-electron chi connectivity index (χ0n) is 14.2. The van der Waals surface area contributed by atoms with Crippen LogP contribution in [0.1, 0.15) is 46.5 Å². The van der Waals surface area contributed by atoms with Gasteiger partial charge in [-0.3, -0.25) is 4.90 Å². The number of rotatable bonds is 3. The summed E-state index contributed by atoms with van der Waals surface area (Å²) in [6.45, 7) is 10.6. The Morgan fingerprint density at radius 3 is 2.35 bits per heavy atom. The molecule has 3 nitrogen and oxygen atoms in total. The van der Waals surface area contributed by atoms with E-state index < -0.39 is 0 Å². The average Bonchev–Trinajstić information content (AvgIpc) is 2.86. The Hall–Kier alpha value is -0.120. The van der Waals surface area contributed by atoms with Gasteiger partial charge in [0.05, 0.1) is 0 Å². The van der Waals surface area contributed by atoms with Crippen LogP contribution in [0.2, 0.25) is 0 Å². The van der Waals surface area contributed by atoms with Crippen molar-refractivity contribution < 1.29 is 0 Å². The van der Waals surface area contributed by atoms with Crippen LogP contribution in [0.15, 0.2) is 0 Å². The summed E-state index contributed by atoms with van der Waals surface area (Å²) >= 11 is 0. The standard InChI is InChI=1S/C17H35N3/c1-17(2,3)14-7-6-13(11-18)16(10-14)20-9-8-15(12-20)19(4)5/h13-16H,6-12,18H2,1-5H3. The third-order valence-corrected chi connectivity index (χ3v) is 5.88. The summed E-state index contributed by atoms with van der Waals surface area (Å²) in [7, 11) is 4.43. The molecular formula is C17H35N3. The predicted octanol–water partition coefficient (Wildman–Crippen LogP) is 2.41. The highest BCUT2D eigenvalue weighted by Crippen LogP contribution is 2.42. The molecule has 0 radical (unpaired) electrons. The number of hydrogen-bond acceptors (Lipinski definition) is 3. The molecule has 1 aliphatic heterocycles. The second-order valence-electron chi connectivity index (χ2n) is 8.34. The lowest BCUT2D eigenvalue weighted by atomic mass is 9.67. The fraction of sp³-hybridized carbons (Fsp3) is 1.00. The molecule has 2 rings (SSSR count). The summed E-state index contributed by atoms with van der Waals surface area (Å²) < 4.78 is 0. The fourth-order valence-corrected chi connectivity index (χ4v) is 4.21. The molecule has 1 saturated heterocycles. The summed E-state index contributed by atoms with van der Waals surface area (Å²) in [6, 6.07) is 1.46. The van der Waals surface area contributed by atoms with Gasteiger partial charge in [-0.2, -0.15) is 0 Å². The summed E-state index contributed by atoms with van der Waals surface area (Å²) in [5, 5.41) is 0. The summed E-state index contributed by atoms with van der Waals surface area (Å²) in [5.74, 6) is 1.57. The molecule has 0 amide bonds. The predicted molar refractivity (Wildman–Crippen MR) is 86.8 cm³/mol. The fourth-order valence-electron chi connectivity index (χ4n) is 4.21. The summed E-state index contributed by atoms with van der Waals surface area (Å²) in [5.41, 5.74) is 6.52. The largest absolute Gasteiger partial charge is 0.330 e. The molecule has 2 N–H and O–H groups in total. The van der Waals surface area contributed by atoms with E-state index in [4.69, 9.17) is 5.73 Å². The number of nitrogens with two attached hydrogens (primary N) is 1. The van der Waals surface area contributed by atoms with E-state index in [2.05, 4.69) is 44.7 Å². The van der Waals surface area contributed by atoms with Gasteiger partial charge in [-0.1, -0.05) is 20.8 Å². The molecular weight excluding hydrogens is 246 g/mol. The molecule has 4 atom stereocenters. The van der Waals surface area contributed by atoms with E-state index in [9.17, 15) is 0 Å². The maximum atomic E-state index is 6.07. The highest BCUT2D eigenvalue weighted by molar-refractivity contribution is 4.94. The van der Waals surface area contributed by atoms with Gasteiger partial charge in [-0.25, -0.2) is 0 Å². The molecule has 2 aliphatic rings. The van der Waals surface area contributed by atoms with Gasteiger partial charge in [-0.05, 0) is 63.6 Å². The molecule has 0 spiro atoms. The van der Waals surface area contributed by atoms with Gasteiger partial charge in [0.1, 0.15) is 0 Å². The molecule has 1 aliphatic carbocycles. The minimum absolute atomic E-state index is 0.443. The molecule has 20 heavy (non-hydrogen) atoms. The van der Waals surface area contributed by atoms with Crippen molar-refractivity contribution in [2.45, 2.75) is 58.5 Å². The Kier molecular flexibility index (Phi) is 5.14. The molecule has 1 heterocycles. The maximum Gasteiger partial charge on any atom is 0.0229 e. The second-order valence-corrected chi connectivity index (χ2v) is 8.34. The van der Waals surface area contributed by atoms with Crippen LogP contribution in [0.25, 0.3) is 0 Å². The Morgan fingerprint density at radius 1 is 1.15 bits per heavy atom. The van der Waals surface area contributed by atoms with E-state index in [-0.39, 0.29) is 0 Å². The second kappa shape index (κ2) is 6.33. The van der Waals surface area contributed by atoms with E-state index in [0.29, 0.717) is 5.41 Å². The van der Waals surface area contributed by atoms with Crippen LogP contribution in [0.3, 0.4) is 0 Å². The first-order chi connectivity index (χ1) is 9.32. The molecule has 3 heteroatoms. The van der Waals surface area contributed by atoms with Crippen molar-refractivity contribution in [1.29, 1.82) is 0 Å². The van der Waals surface area contributed by atoms with Crippen molar-refractivity contribution in [3.63, 3.8) is 0 Å². The molecule has 0 aromatic carbocycles. The SMILES string of the molecule is CN(C)C1CCN(C2CC(C(C)(C)C)CCC2CN)C1. The molecule has 2 fully saturated rings. The van der Waals surface area contributed by atoms with Gasteiger partial charge in [0.2, 0.25) is 0 Å². The van der Waals surface area contributed by atoms with Gasteiger partial charge in [0.25, 0.3) is 0 Å². The smallest absolute Gasteiger partial charge is 0.0229 e. The van der Waals surface area contributed by atoms with E-state index in [1.807, 2.05) is 0 Å². The number of hydrogen-bond donors (Lipinski definition) is 1. The van der Waals surface area contributed by atoms with Crippen molar-refractivity contribution in [3.05, 3.63) is 0 Å². The van der Waals surface area contributed by atoms with Gasteiger partial charge in [0.15, 0.2) is 0 Å². The zero-order chi connectivity index (χ0) is 14.9. The number of nitrogens with zero attached hydrogens (tertiary/aromatic N) is 2. The van der Waals surface area contributed by atoms with E-state index in [0.717, 1.165) is 30.5 Å². The Bertz CT molecular complexity index is 308. The van der Waals surface area contributed by atoms with Crippen LogP contribution in [0, 0.1) is 17.3 Å². The molecule has 4 unspecified atom stereocenters. The molecule has 1 saturated carbocycles. The Labute approximate surface area is 125 Å². The number of likely N-dealkylation sites (N-methyl/N-ethyl adjacent to an activating group) is 1. The lowest BCUT2D eigenvalue weighted by molar-refractivity contribution is 0.0549. The highest BCUT2D eigenvalue weighted by atomic mass is 15.2. The van der Waals surface area contributed by atoms with Gasteiger partial charge in [0, 0.05) is 25.2 Å². The normalized spacial score (nSPS) is 36.8. The number of likely N-dealkylation sites (tertiary alicyclic amines) is 1. The third kappa shape index (κ3) is 3.55. The van der Waals surface area contributed by atoms with Crippen molar-refractivity contribution in [1.82, 2.24) is 9.80 Å². The summed E-state index contributed by atoms with van der Waals surface area (Å²) in [6.07, 6.45) is 5.37. The Morgan fingerprint density at radius 2 is 1.85 bits per heavy atom. The molecule has 0 bridgehead atoms. The molecule has 118 valence electrons. The topological polar surface area (TPSA) is 32.5 Å². The van der Waals surface area contributed by atoms with Crippen molar-refractivity contribution in [2.75, 3.05) is 33.7 Å².